The monoisotopic (exact) mass is 400 g/mol. The van der Waals surface area contributed by atoms with E-state index in [1.54, 1.807) is 25.3 Å². The van der Waals surface area contributed by atoms with E-state index >= 15 is 0 Å². The smallest absolute Gasteiger partial charge is 0.251 e. The van der Waals surface area contributed by atoms with Gasteiger partial charge in [-0.15, -0.1) is 12.4 Å². The molecular weight excluding hydrogens is 372 g/mol. The van der Waals surface area contributed by atoms with Crippen molar-refractivity contribution in [3.8, 4) is 11.5 Å². The number of methoxy groups -OCH3 is 2. The topological polar surface area (TPSA) is 89.1 Å². The SMILES string of the molecule is COc1ccc(C(=O)N[C@]2(C)CCOC3(CCNCC3)[C@H]2O)cc1OC.Cl. The largest absolute Gasteiger partial charge is 0.493 e. The summed E-state index contributed by atoms with van der Waals surface area (Å²) in [6.45, 7) is 4.01. The van der Waals surface area contributed by atoms with Crippen LogP contribution in [0.15, 0.2) is 18.2 Å². The van der Waals surface area contributed by atoms with Gasteiger partial charge in [-0.3, -0.25) is 4.79 Å². The van der Waals surface area contributed by atoms with Crippen LogP contribution in [0.4, 0.5) is 0 Å². The second kappa shape index (κ2) is 8.65. The van der Waals surface area contributed by atoms with Crippen molar-refractivity contribution in [3.63, 3.8) is 0 Å². The summed E-state index contributed by atoms with van der Waals surface area (Å²) in [5, 5.41) is 17.4. The van der Waals surface area contributed by atoms with E-state index in [1.165, 1.54) is 7.11 Å². The van der Waals surface area contributed by atoms with Crippen LogP contribution < -0.4 is 20.1 Å². The fraction of sp³-hybridized carbons (Fsp3) is 0.632. The Morgan fingerprint density at radius 2 is 1.89 bits per heavy atom. The lowest BCUT2D eigenvalue weighted by Gasteiger charge is -2.52. The van der Waals surface area contributed by atoms with Gasteiger partial charge in [-0.1, -0.05) is 0 Å². The number of carbonyl (C=O) groups excluding carboxylic acids is 1. The molecule has 0 unspecified atom stereocenters. The Balaban J connectivity index is 0.00000261. The van der Waals surface area contributed by atoms with Crippen LogP contribution in [-0.2, 0) is 4.74 Å². The maximum atomic E-state index is 12.8. The lowest BCUT2D eigenvalue weighted by atomic mass is 9.73. The first-order chi connectivity index (χ1) is 12.4. The normalized spacial score (nSPS) is 26.7. The molecule has 3 N–H and O–H groups in total. The number of benzene rings is 1. The van der Waals surface area contributed by atoms with Crippen LogP contribution in [-0.4, -0.2) is 62.2 Å². The number of ether oxygens (including phenoxy) is 3. The second-order valence-electron chi connectivity index (χ2n) is 7.26. The molecule has 2 atom stereocenters. The van der Waals surface area contributed by atoms with Crippen LogP contribution in [0.5, 0.6) is 11.5 Å². The van der Waals surface area contributed by atoms with E-state index in [0.29, 0.717) is 30.1 Å². The van der Waals surface area contributed by atoms with Crippen molar-refractivity contribution in [2.45, 2.75) is 43.4 Å². The molecule has 1 aromatic rings. The molecule has 27 heavy (non-hydrogen) atoms. The van der Waals surface area contributed by atoms with E-state index in [4.69, 9.17) is 14.2 Å². The van der Waals surface area contributed by atoms with Crippen LogP contribution in [0.2, 0.25) is 0 Å². The summed E-state index contributed by atoms with van der Waals surface area (Å²) in [6, 6.07) is 5.03. The number of piperidine rings is 1. The molecule has 1 aromatic carbocycles. The zero-order valence-electron chi connectivity index (χ0n) is 16.0. The van der Waals surface area contributed by atoms with Gasteiger partial charge in [-0.2, -0.15) is 0 Å². The molecule has 0 saturated carbocycles. The van der Waals surface area contributed by atoms with Gasteiger partial charge in [-0.05, 0) is 57.5 Å². The van der Waals surface area contributed by atoms with Gasteiger partial charge < -0.3 is 30.0 Å². The highest BCUT2D eigenvalue weighted by Crippen LogP contribution is 2.39. The molecular formula is C19H29ClN2O5. The average molecular weight is 401 g/mol. The molecule has 2 aliphatic heterocycles. The fourth-order valence-electron chi connectivity index (χ4n) is 3.97. The summed E-state index contributed by atoms with van der Waals surface area (Å²) >= 11 is 0. The predicted octanol–water partition coefficient (Wildman–Crippen LogP) is 1.52. The van der Waals surface area contributed by atoms with Gasteiger partial charge >= 0.3 is 0 Å². The summed E-state index contributed by atoms with van der Waals surface area (Å²) in [4.78, 5) is 12.8. The molecule has 0 bridgehead atoms. The first-order valence-corrected chi connectivity index (χ1v) is 9.01. The van der Waals surface area contributed by atoms with Gasteiger partial charge in [0.15, 0.2) is 11.5 Å². The first-order valence-electron chi connectivity index (χ1n) is 9.01. The van der Waals surface area contributed by atoms with E-state index in [1.807, 2.05) is 6.92 Å². The quantitative estimate of drug-likeness (QED) is 0.710. The molecule has 3 rings (SSSR count). The molecule has 8 heteroatoms. The summed E-state index contributed by atoms with van der Waals surface area (Å²) < 4.78 is 16.5. The lowest BCUT2D eigenvalue weighted by molar-refractivity contribution is -0.197. The Morgan fingerprint density at radius 1 is 1.22 bits per heavy atom. The Bertz CT molecular complexity index is 660. The third kappa shape index (κ3) is 4.16. The predicted molar refractivity (Wildman–Crippen MR) is 104 cm³/mol. The average Bonchev–Trinajstić information content (AvgIpc) is 2.66. The van der Waals surface area contributed by atoms with E-state index in [2.05, 4.69) is 10.6 Å². The van der Waals surface area contributed by atoms with Crippen molar-refractivity contribution in [3.05, 3.63) is 23.8 Å². The molecule has 1 spiro atoms. The van der Waals surface area contributed by atoms with E-state index in [-0.39, 0.29) is 18.3 Å². The maximum Gasteiger partial charge on any atom is 0.251 e. The maximum absolute atomic E-state index is 12.8. The fourth-order valence-corrected chi connectivity index (χ4v) is 3.97. The van der Waals surface area contributed by atoms with Crippen molar-refractivity contribution in [1.82, 2.24) is 10.6 Å². The number of aliphatic hydroxyl groups is 1. The van der Waals surface area contributed by atoms with Crippen molar-refractivity contribution in [1.29, 1.82) is 0 Å². The zero-order chi connectivity index (χ0) is 18.8. The number of hydrogen-bond acceptors (Lipinski definition) is 6. The molecule has 2 heterocycles. The van der Waals surface area contributed by atoms with Gasteiger partial charge in [0, 0.05) is 12.2 Å². The Kier molecular flexibility index (Phi) is 6.97. The standard InChI is InChI=1S/C19H28N2O5.ClH/c1-18(8-11-26-19(17(18)23)6-9-20-10-7-19)21-16(22)13-4-5-14(24-2)15(12-13)25-3;/h4-5,12,17,20,23H,6-11H2,1-3H3,(H,21,22);1H/t17-,18+;/m0./s1. The molecule has 2 aliphatic rings. The number of halogens is 1. The van der Waals surface area contributed by atoms with Crippen LogP contribution in [0, 0.1) is 0 Å². The van der Waals surface area contributed by atoms with Crippen LogP contribution >= 0.6 is 12.4 Å². The van der Waals surface area contributed by atoms with Crippen molar-refractivity contribution in [2.75, 3.05) is 33.9 Å². The Morgan fingerprint density at radius 3 is 2.52 bits per heavy atom. The van der Waals surface area contributed by atoms with Gasteiger partial charge in [0.1, 0.15) is 6.10 Å². The van der Waals surface area contributed by atoms with Crippen LogP contribution in [0.3, 0.4) is 0 Å². The highest BCUT2D eigenvalue weighted by atomic mass is 35.5. The molecule has 152 valence electrons. The minimum atomic E-state index is -0.769. The molecule has 2 fully saturated rings. The minimum Gasteiger partial charge on any atom is -0.493 e. The highest BCUT2D eigenvalue weighted by molar-refractivity contribution is 5.95. The Labute approximate surface area is 166 Å². The van der Waals surface area contributed by atoms with Crippen molar-refractivity contribution >= 4 is 18.3 Å². The molecule has 0 radical (unpaired) electrons. The van der Waals surface area contributed by atoms with Gasteiger partial charge in [0.2, 0.25) is 0 Å². The molecule has 2 saturated heterocycles. The number of nitrogens with one attached hydrogen (secondary N) is 2. The first kappa shape index (κ1) is 21.8. The number of aliphatic hydroxyl groups excluding tert-OH is 1. The molecule has 7 nitrogen and oxygen atoms in total. The van der Waals surface area contributed by atoms with Gasteiger partial charge in [0.25, 0.3) is 5.91 Å². The number of amides is 1. The summed E-state index contributed by atoms with van der Waals surface area (Å²) in [7, 11) is 3.08. The minimum absolute atomic E-state index is 0. The molecule has 0 aliphatic carbocycles. The van der Waals surface area contributed by atoms with Crippen LogP contribution in [0.1, 0.15) is 36.5 Å². The number of carbonyl (C=O) groups is 1. The third-order valence-electron chi connectivity index (χ3n) is 5.61. The van der Waals surface area contributed by atoms with Crippen molar-refractivity contribution < 1.29 is 24.1 Å². The summed E-state index contributed by atoms with van der Waals surface area (Å²) in [5.41, 5.74) is -0.884. The Hall–Kier alpha value is -1.54. The van der Waals surface area contributed by atoms with Gasteiger partial charge in [-0.25, -0.2) is 0 Å². The third-order valence-corrected chi connectivity index (χ3v) is 5.61. The second-order valence-corrected chi connectivity index (χ2v) is 7.26. The lowest BCUT2D eigenvalue weighted by Crippen LogP contribution is -2.69. The van der Waals surface area contributed by atoms with Crippen molar-refractivity contribution in [2.24, 2.45) is 0 Å². The summed E-state index contributed by atoms with van der Waals surface area (Å²) in [6.07, 6.45) is 1.25. The molecule has 0 aromatic heterocycles. The highest BCUT2D eigenvalue weighted by Gasteiger charge is 2.53. The summed E-state index contributed by atoms with van der Waals surface area (Å²) in [5.74, 6) is 0.807. The van der Waals surface area contributed by atoms with E-state index < -0.39 is 17.2 Å². The van der Waals surface area contributed by atoms with E-state index in [0.717, 1.165) is 25.9 Å². The van der Waals surface area contributed by atoms with Gasteiger partial charge in [0.05, 0.1) is 25.4 Å². The molecule has 1 amide bonds. The number of hydrogen-bond donors (Lipinski definition) is 3. The zero-order valence-corrected chi connectivity index (χ0v) is 16.9. The van der Waals surface area contributed by atoms with E-state index in [9.17, 15) is 9.90 Å². The van der Waals surface area contributed by atoms with Crippen LogP contribution in [0.25, 0.3) is 0 Å². The number of rotatable bonds is 4.